The van der Waals surface area contributed by atoms with Gasteiger partial charge in [0.15, 0.2) is 0 Å². The molecule has 1 fully saturated rings. The monoisotopic (exact) mass is 419 g/mol. The van der Waals surface area contributed by atoms with Crippen molar-refractivity contribution in [2.24, 2.45) is 0 Å². The highest BCUT2D eigenvalue weighted by atomic mass is 16.5. The molecule has 0 radical (unpaired) electrons. The van der Waals surface area contributed by atoms with Crippen LogP contribution in [0.15, 0.2) is 48.5 Å². The summed E-state index contributed by atoms with van der Waals surface area (Å²) >= 11 is 0. The number of rotatable bonds is 5. The lowest BCUT2D eigenvalue weighted by atomic mass is 9.86. The van der Waals surface area contributed by atoms with Gasteiger partial charge in [0, 0.05) is 41.7 Å². The molecular formula is C24H25N3O4. The molecule has 2 aliphatic rings. The van der Waals surface area contributed by atoms with Crippen molar-refractivity contribution in [2.75, 3.05) is 26.8 Å². The van der Waals surface area contributed by atoms with Crippen molar-refractivity contribution in [1.82, 2.24) is 14.8 Å². The number of fused-ring (bicyclic) bond motifs is 4. The molecule has 2 amide bonds. The fourth-order valence-electron chi connectivity index (χ4n) is 4.99. The van der Waals surface area contributed by atoms with Crippen LogP contribution in [-0.4, -0.2) is 64.6 Å². The highest BCUT2D eigenvalue weighted by molar-refractivity contribution is 5.97. The van der Waals surface area contributed by atoms with E-state index in [4.69, 9.17) is 4.74 Å². The summed E-state index contributed by atoms with van der Waals surface area (Å²) in [5.41, 5.74) is 3.85. The van der Waals surface area contributed by atoms with E-state index in [1.807, 2.05) is 42.5 Å². The highest BCUT2D eigenvalue weighted by Crippen LogP contribution is 2.44. The highest BCUT2D eigenvalue weighted by Gasteiger charge is 2.48. The van der Waals surface area contributed by atoms with E-state index in [9.17, 15) is 14.7 Å². The van der Waals surface area contributed by atoms with Crippen LogP contribution in [0.25, 0.3) is 10.9 Å². The summed E-state index contributed by atoms with van der Waals surface area (Å²) < 4.78 is 5.63. The smallest absolute Gasteiger partial charge is 0.246 e. The molecule has 2 aliphatic heterocycles. The van der Waals surface area contributed by atoms with Crippen LogP contribution in [0.4, 0.5) is 0 Å². The van der Waals surface area contributed by atoms with E-state index in [1.54, 1.807) is 16.9 Å². The van der Waals surface area contributed by atoms with E-state index in [2.05, 4.69) is 11.1 Å². The number of methoxy groups -OCH3 is 1. The predicted molar refractivity (Wildman–Crippen MR) is 116 cm³/mol. The maximum absolute atomic E-state index is 13.4. The number of aromatic amines is 1. The number of H-pyrrole nitrogens is 1. The Balaban J connectivity index is 1.69. The van der Waals surface area contributed by atoms with Gasteiger partial charge in [-0.3, -0.25) is 9.59 Å². The van der Waals surface area contributed by atoms with Crippen LogP contribution in [0.5, 0.6) is 5.75 Å². The van der Waals surface area contributed by atoms with Crippen LogP contribution >= 0.6 is 0 Å². The molecule has 2 atom stereocenters. The summed E-state index contributed by atoms with van der Waals surface area (Å²) in [5, 5.41) is 10.3. The van der Waals surface area contributed by atoms with Gasteiger partial charge in [0.05, 0.1) is 13.7 Å². The molecule has 2 aromatic carbocycles. The van der Waals surface area contributed by atoms with Crippen molar-refractivity contribution in [3.05, 3.63) is 65.4 Å². The van der Waals surface area contributed by atoms with Crippen LogP contribution < -0.4 is 4.74 Å². The van der Waals surface area contributed by atoms with Crippen molar-refractivity contribution in [3.63, 3.8) is 0 Å². The fourth-order valence-corrected chi connectivity index (χ4v) is 4.99. The molecule has 0 bridgehead atoms. The van der Waals surface area contributed by atoms with Gasteiger partial charge < -0.3 is 24.6 Å². The molecule has 0 aliphatic carbocycles. The molecule has 3 aromatic rings. The fraction of sp³-hybridized carbons (Fsp3) is 0.333. The number of nitrogens with one attached hydrogen (secondary N) is 1. The first-order valence-electron chi connectivity index (χ1n) is 10.6. The van der Waals surface area contributed by atoms with Gasteiger partial charge in [0.25, 0.3) is 0 Å². The zero-order valence-electron chi connectivity index (χ0n) is 17.4. The zero-order chi connectivity index (χ0) is 21.5. The minimum Gasteiger partial charge on any atom is -0.496 e. The lowest BCUT2D eigenvalue weighted by Crippen LogP contribution is -2.63. The number of hydrogen-bond acceptors (Lipinski definition) is 4. The van der Waals surface area contributed by atoms with Crippen LogP contribution in [0, 0.1) is 0 Å². The van der Waals surface area contributed by atoms with Crippen molar-refractivity contribution in [2.45, 2.75) is 24.9 Å². The minimum absolute atomic E-state index is 0.0111. The summed E-state index contributed by atoms with van der Waals surface area (Å²) in [5.74, 6) is 0.521. The number of carbonyl (C=O) groups is 2. The Labute approximate surface area is 180 Å². The van der Waals surface area contributed by atoms with Crippen molar-refractivity contribution in [3.8, 4) is 5.75 Å². The summed E-state index contributed by atoms with van der Waals surface area (Å²) in [6.07, 6.45) is 0.922. The van der Waals surface area contributed by atoms with Gasteiger partial charge in [0.2, 0.25) is 11.8 Å². The Morgan fingerprint density at radius 1 is 1.13 bits per heavy atom. The van der Waals surface area contributed by atoms with Crippen LogP contribution in [0.2, 0.25) is 0 Å². The van der Waals surface area contributed by atoms with Gasteiger partial charge in [-0.1, -0.05) is 36.4 Å². The maximum atomic E-state index is 13.4. The number of ether oxygens (including phenoxy) is 1. The quantitative estimate of drug-likeness (QED) is 0.664. The third kappa shape index (κ3) is 3.08. The first-order chi connectivity index (χ1) is 15.1. The Hall–Kier alpha value is -3.32. The molecule has 2 N–H and O–H groups in total. The average molecular weight is 419 g/mol. The second kappa shape index (κ2) is 7.74. The normalized spacial score (nSPS) is 20.7. The van der Waals surface area contributed by atoms with Crippen LogP contribution in [0.3, 0.4) is 0 Å². The minimum atomic E-state index is -0.582. The summed E-state index contributed by atoms with van der Waals surface area (Å²) in [6, 6.07) is 14.7. The van der Waals surface area contributed by atoms with E-state index in [0.717, 1.165) is 27.7 Å². The average Bonchev–Trinajstić information content (AvgIpc) is 3.17. The molecule has 1 unspecified atom stereocenters. The van der Waals surface area contributed by atoms with Crippen molar-refractivity contribution < 1.29 is 19.4 Å². The number of nitrogens with zero attached hydrogens (tertiary/aromatic N) is 2. The molecule has 1 aromatic heterocycles. The summed E-state index contributed by atoms with van der Waals surface area (Å²) in [6.45, 7) is 0.394. The van der Waals surface area contributed by atoms with E-state index in [0.29, 0.717) is 25.1 Å². The molecule has 0 saturated carbocycles. The summed E-state index contributed by atoms with van der Waals surface area (Å²) in [7, 11) is 1.62. The number of amides is 2. The van der Waals surface area contributed by atoms with E-state index >= 15 is 0 Å². The second-order valence-corrected chi connectivity index (χ2v) is 8.07. The standard InChI is InChI=1S/C24H25N3O4/c1-31-20-10-5-3-8-16(20)23-22-17(15-7-2-4-9-18(15)25-22)13-19-24(30)26(11-6-12-28)14-21(29)27(19)23/h2-5,7-10,19,23,25,28H,6,11-14H2,1H3/t19-,23?/m0/s1. The maximum Gasteiger partial charge on any atom is 0.246 e. The zero-order valence-corrected chi connectivity index (χ0v) is 17.4. The molecule has 7 nitrogen and oxygen atoms in total. The number of carbonyl (C=O) groups excluding carboxylic acids is 2. The third-order valence-electron chi connectivity index (χ3n) is 6.36. The lowest BCUT2D eigenvalue weighted by molar-refractivity contribution is -0.158. The second-order valence-electron chi connectivity index (χ2n) is 8.07. The largest absolute Gasteiger partial charge is 0.496 e. The van der Waals surface area contributed by atoms with Crippen LogP contribution in [0.1, 0.15) is 29.3 Å². The number of hydrogen-bond donors (Lipinski definition) is 2. The third-order valence-corrected chi connectivity index (χ3v) is 6.36. The lowest BCUT2D eigenvalue weighted by Gasteiger charge is -2.47. The number of benzene rings is 2. The number of aromatic nitrogens is 1. The van der Waals surface area contributed by atoms with Gasteiger partial charge in [-0.2, -0.15) is 0 Å². The molecular weight excluding hydrogens is 394 g/mol. The van der Waals surface area contributed by atoms with Crippen LogP contribution in [-0.2, 0) is 16.0 Å². The molecule has 5 rings (SSSR count). The van der Waals surface area contributed by atoms with Gasteiger partial charge >= 0.3 is 0 Å². The van der Waals surface area contributed by atoms with E-state index < -0.39 is 12.1 Å². The number of aliphatic hydroxyl groups excluding tert-OH is 1. The van der Waals surface area contributed by atoms with Gasteiger partial charge in [-0.25, -0.2) is 0 Å². The SMILES string of the molecule is COc1ccccc1C1c2[nH]c3ccccc3c2C[C@H]2C(=O)N(CCCO)CC(=O)N12. The number of para-hydroxylation sites is 2. The number of aliphatic hydroxyl groups is 1. The van der Waals surface area contributed by atoms with Crippen molar-refractivity contribution in [1.29, 1.82) is 0 Å². The Morgan fingerprint density at radius 3 is 2.71 bits per heavy atom. The Kier molecular flexibility index (Phi) is 4.90. The summed E-state index contributed by atoms with van der Waals surface area (Å²) in [4.78, 5) is 33.6. The first-order valence-corrected chi connectivity index (χ1v) is 10.6. The predicted octanol–water partition coefficient (Wildman–Crippen LogP) is 2.24. The topological polar surface area (TPSA) is 85.9 Å². The van der Waals surface area contributed by atoms with Gasteiger partial charge in [-0.15, -0.1) is 0 Å². The molecule has 160 valence electrons. The van der Waals surface area contributed by atoms with Crippen molar-refractivity contribution >= 4 is 22.7 Å². The number of piperazine rings is 1. The van der Waals surface area contributed by atoms with Gasteiger partial charge in [0.1, 0.15) is 17.8 Å². The van der Waals surface area contributed by atoms with E-state index in [1.165, 1.54) is 0 Å². The molecule has 0 spiro atoms. The van der Waals surface area contributed by atoms with Gasteiger partial charge in [-0.05, 0) is 24.1 Å². The Bertz CT molecular complexity index is 1150. The molecule has 7 heteroatoms. The molecule has 31 heavy (non-hydrogen) atoms. The molecule has 3 heterocycles. The Morgan fingerprint density at radius 2 is 1.90 bits per heavy atom. The first kappa shape index (κ1) is 19.6. The molecule has 1 saturated heterocycles. The van der Waals surface area contributed by atoms with E-state index in [-0.39, 0.29) is 25.0 Å².